The Morgan fingerprint density at radius 3 is 2.41 bits per heavy atom. The van der Waals surface area contributed by atoms with Crippen molar-refractivity contribution < 1.29 is 9.84 Å². The molecule has 0 aliphatic heterocycles. The van der Waals surface area contributed by atoms with Crippen LogP contribution in [0.1, 0.15) is 6.92 Å². The number of rotatable bonds is 4. The van der Waals surface area contributed by atoms with Crippen molar-refractivity contribution in [3.63, 3.8) is 0 Å². The Morgan fingerprint density at radius 2 is 1.71 bits per heavy atom. The summed E-state index contributed by atoms with van der Waals surface area (Å²) in [5, 5.41) is 9.18. The third-order valence-corrected chi connectivity index (χ3v) is 2.43. The lowest BCUT2D eigenvalue weighted by atomic mass is 10.1. The Balaban J connectivity index is 2.17. The van der Waals surface area contributed by atoms with E-state index in [9.17, 15) is 5.11 Å². The molecule has 0 aromatic heterocycles. The average Bonchev–Trinajstić information content (AvgIpc) is 2.38. The fourth-order valence-corrected chi connectivity index (χ4v) is 1.61. The van der Waals surface area contributed by atoms with Crippen LogP contribution in [0.3, 0.4) is 0 Å². The van der Waals surface area contributed by atoms with E-state index in [2.05, 4.69) is 12.1 Å². The van der Waals surface area contributed by atoms with Gasteiger partial charge in [0.2, 0.25) is 0 Å². The molecule has 0 bridgehead atoms. The normalized spacial score (nSPS) is 12.1. The molecule has 0 aliphatic rings. The van der Waals surface area contributed by atoms with Crippen molar-refractivity contribution in [2.75, 3.05) is 6.61 Å². The third-order valence-electron chi connectivity index (χ3n) is 2.43. The van der Waals surface area contributed by atoms with Gasteiger partial charge in [-0.05, 0) is 30.2 Å². The molecule has 2 aromatic carbocycles. The van der Waals surface area contributed by atoms with Gasteiger partial charge in [-0.2, -0.15) is 0 Å². The van der Waals surface area contributed by atoms with Crippen LogP contribution >= 0.6 is 0 Å². The van der Waals surface area contributed by atoms with E-state index in [-0.39, 0.29) is 0 Å². The molecule has 0 saturated carbocycles. The first-order chi connectivity index (χ1) is 8.25. The molecule has 0 radical (unpaired) electrons. The van der Waals surface area contributed by atoms with E-state index >= 15 is 0 Å². The molecule has 0 fully saturated rings. The van der Waals surface area contributed by atoms with Gasteiger partial charge in [0, 0.05) is 0 Å². The van der Waals surface area contributed by atoms with Crippen molar-refractivity contribution in [1.29, 1.82) is 0 Å². The zero-order chi connectivity index (χ0) is 12.1. The first-order valence-corrected chi connectivity index (χ1v) is 5.72. The van der Waals surface area contributed by atoms with Gasteiger partial charge in [0.15, 0.2) is 0 Å². The number of ether oxygens (including phenoxy) is 1. The van der Waals surface area contributed by atoms with E-state index in [1.807, 2.05) is 42.5 Å². The second-order valence-electron chi connectivity index (χ2n) is 4.05. The topological polar surface area (TPSA) is 29.5 Å². The maximum Gasteiger partial charge on any atom is 0.120 e. The highest BCUT2D eigenvalue weighted by Gasteiger charge is 2.01. The maximum atomic E-state index is 9.18. The summed E-state index contributed by atoms with van der Waals surface area (Å²) in [5.41, 5.74) is 2.28. The fourth-order valence-electron chi connectivity index (χ4n) is 1.61. The lowest BCUT2D eigenvalue weighted by Crippen LogP contribution is -2.12. The minimum absolute atomic E-state index is 0.318. The van der Waals surface area contributed by atoms with Crippen LogP contribution in [0.4, 0.5) is 0 Å². The van der Waals surface area contributed by atoms with Gasteiger partial charge in [-0.1, -0.05) is 42.5 Å². The average molecular weight is 228 g/mol. The Labute approximate surface area is 101 Å². The predicted octanol–water partition coefficient (Wildman–Crippen LogP) is 3.11. The number of hydrogen-bond donors (Lipinski definition) is 1. The largest absolute Gasteiger partial charge is 0.491 e. The molecular weight excluding hydrogens is 212 g/mol. The highest BCUT2D eigenvalue weighted by molar-refractivity contribution is 5.64. The minimum Gasteiger partial charge on any atom is -0.491 e. The summed E-state index contributed by atoms with van der Waals surface area (Å²) >= 11 is 0. The molecule has 17 heavy (non-hydrogen) atoms. The molecule has 2 aromatic rings. The van der Waals surface area contributed by atoms with Crippen molar-refractivity contribution in [3.05, 3.63) is 54.6 Å². The van der Waals surface area contributed by atoms with Crippen molar-refractivity contribution in [2.45, 2.75) is 13.0 Å². The standard InChI is InChI=1S/C15H16O2/c1-12(16)11-17-15-9-5-8-14(10-15)13-6-3-2-4-7-13/h2-10,12,16H,11H2,1H3. The highest BCUT2D eigenvalue weighted by atomic mass is 16.5. The molecule has 0 spiro atoms. The van der Waals surface area contributed by atoms with Crippen LogP contribution in [0.25, 0.3) is 11.1 Å². The Morgan fingerprint density at radius 1 is 1.00 bits per heavy atom. The summed E-state index contributed by atoms with van der Waals surface area (Å²) in [6.07, 6.45) is -0.449. The third kappa shape index (κ3) is 3.33. The van der Waals surface area contributed by atoms with Gasteiger partial charge in [-0.25, -0.2) is 0 Å². The first-order valence-electron chi connectivity index (χ1n) is 5.72. The quantitative estimate of drug-likeness (QED) is 0.871. The van der Waals surface area contributed by atoms with Gasteiger partial charge in [0.1, 0.15) is 12.4 Å². The van der Waals surface area contributed by atoms with Gasteiger partial charge >= 0.3 is 0 Å². The van der Waals surface area contributed by atoms with Crippen molar-refractivity contribution in [1.82, 2.24) is 0 Å². The van der Waals surface area contributed by atoms with Crippen molar-refractivity contribution in [3.8, 4) is 16.9 Å². The molecule has 0 aliphatic carbocycles. The van der Waals surface area contributed by atoms with Crippen LogP contribution < -0.4 is 4.74 Å². The molecule has 0 heterocycles. The van der Waals surface area contributed by atoms with E-state index in [0.29, 0.717) is 6.61 Å². The molecule has 0 amide bonds. The Bertz CT molecular complexity index is 463. The van der Waals surface area contributed by atoms with Crippen LogP contribution in [0.15, 0.2) is 54.6 Å². The number of aliphatic hydroxyl groups excluding tert-OH is 1. The lowest BCUT2D eigenvalue weighted by molar-refractivity contribution is 0.123. The van der Waals surface area contributed by atoms with E-state index in [4.69, 9.17) is 4.74 Å². The van der Waals surface area contributed by atoms with E-state index < -0.39 is 6.10 Å². The summed E-state index contributed by atoms with van der Waals surface area (Å²) in [6.45, 7) is 2.03. The number of benzene rings is 2. The van der Waals surface area contributed by atoms with Crippen LogP contribution in [0.2, 0.25) is 0 Å². The smallest absolute Gasteiger partial charge is 0.120 e. The summed E-state index contributed by atoms with van der Waals surface area (Å²) in [7, 11) is 0. The Hall–Kier alpha value is -1.80. The summed E-state index contributed by atoms with van der Waals surface area (Å²) in [5.74, 6) is 0.784. The molecule has 88 valence electrons. The predicted molar refractivity (Wildman–Crippen MR) is 69.1 cm³/mol. The second kappa shape index (κ2) is 5.51. The summed E-state index contributed by atoms with van der Waals surface area (Å²) in [4.78, 5) is 0. The lowest BCUT2D eigenvalue weighted by Gasteiger charge is -2.09. The molecular formula is C15H16O2. The molecule has 1 N–H and O–H groups in total. The van der Waals surface area contributed by atoms with Gasteiger partial charge in [0.05, 0.1) is 6.10 Å². The number of aliphatic hydroxyl groups is 1. The van der Waals surface area contributed by atoms with E-state index in [1.165, 1.54) is 0 Å². The number of hydrogen-bond acceptors (Lipinski definition) is 2. The molecule has 0 saturated heterocycles. The second-order valence-corrected chi connectivity index (χ2v) is 4.05. The van der Waals surface area contributed by atoms with Crippen LogP contribution in [0, 0.1) is 0 Å². The monoisotopic (exact) mass is 228 g/mol. The SMILES string of the molecule is CC(O)COc1cccc(-c2ccccc2)c1. The highest BCUT2D eigenvalue weighted by Crippen LogP contribution is 2.23. The Kier molecular flexibility index (Phi) is 3.78. The van der Waals surface area contributed by atoms with E-state index in [0.717, 1.165) is 16.9 Å². The molecule has 1 atom stereocenters. The van der Waals surface area contributed by atoms with Gasteiger partial charge in [0.25, 0.3) is 0 Å². The fraction of sp³-hybridized carbons (Fsp3) is 0.200. The molecule has 2 rings (SSSR count). The van der Waals surface area contributed by atoms with Crippen LogP contribution in [-0.4, -0.2) is 17.8 Å². The van der Waals surface area contributed by atoms with E-state index in [1.54, 1.807) is 6.92 Å². The van der Waals surface area contributed by atoms with Crippen LogP contribution in [0.5, 0.6) is 5.75 Å². The van der Waals surface area contributed by atoms with Gasteiger partial charge in [-0.15, -0.1) is 0 Å². The molecule has 2 heteroatoms. The van der Waals surface area contributed by atoms with Crippen molar-refractivity contribution >= 4 is 0 Å². The summed E-state index contributed by atoms with van der Waals surface area (Å²) < 4.78 is 5.48. The zero-order valence-electron chi connectivity index (χ0n) is 9.84. The van der Waals surface area contributed by atoms with Gasteiger partial charge < -0.3 is 9.84 Å². The molecule has 2 nitrogen and oxygen atoms in total. The zero-order valence-corrected chi connectivity index (χ0v) is 9.84. The van der Waals surface area contributed by atoms with Crippen LogP contribution in [-0.2, 0) is 0 Å². The maximum absolute atomic E-state index is 9.18. The first kappa shape index (κ1) is 11.7. The summed E-state index contributed by atoms with van der Waals surface area (Å²) in [6, 6.07) is 18.0. The van der Waals surface area contributed by atoms with Gasteiger partial charge in [-0.3, -0.25) is 0 Å². The van der Waals surface area contributed by atoms with Crippen molar-refractivity contribution in [2.24, 2.45) is 0 Å². The molecule has 1 unspecified atom stereocenters. The minimum atomic E-state index is -0.449.